The average molecular weight is 186 g/mol. The van der Waals surface area contributed by atoms with Crippen molar-refractivity contribution in [2.45, 2.75) is 13.0 Å². The Balaban J connectivity index is 2.74. The van der Waals surface area contributed by atoms with E-state index in [9.17, 15) is 0 Å². The van der Waals surface area contributed by atoms with Crippen molar-refractivity contribution in [2.75, 3.05) is 0 Å². The van der Waals surface area contributed by atoms with Gasteiger partial charge in [0.1, 0.15) is 6.04 Å². The summed E-state index contributed by atoms with van der Waals surface area (Å²) in [7, 11) is 0. The molecule has 2 aromatic heterocycles. The molecule has 1 unspecified atom stereocenters. The normalized spacial score (nSPS) is 12.6. The summed E-state index contributed by atoms with van der Waals surface area (Å²) in [5.41, 5.74) is 8.45. The Hall–Kier alpha value is -1.86. The lowest BCUT2D eigenvalue weighted by molar-refractivity contribution is 0.935. The van der Waals surface area contributed by atoms with Gasteiger partial charge in [0.05, 0.1) is 17.8 Å². The van der Waals surface area contributed by atoms with Crippen molar-refractivity contribution in [3.8, 4) is 6.07 Å². The van der Waals surface area contributed by atoms with Crippen LogP contribution in [-0.2, 0) is 0 Å². The summed E-state index contributed by atoms with van der Waals surface area (Å²) in [6.45, 7) is 1.98. The predicted octanol–water partition coefficient (Wildman–Crippen LogP) is 1.17. The second kappa shape index (κ2) is 3.13. The lowest BCUT2D eigenvalue weighted by Gasteiger charge is -2.02. The van der Waals surface area contributed by atoms with Crippen molar-refractivity contribution in [3.63, 3.8) is 0 Å². The van der Waals surface area contributed by atoms with Gasteiger partial charge in [0.25, 0.3) is 0 Å². The van der Waals surface area contributed by atoms with Gasteiger partial charge in [-0.2, -0.15) is 10.4 Å². The molecule has 14 heavy (non-hydrogen) atoms. The van der Waals surface area contributed by atoms with Crippen LogP contribution in [0, 0.1) is 18.3 Å². The molecule has 70 valence electrons. The van der Waals surface area contributed by atoms with Gasteiger partial charge in [-0.3, -0.25) is 0 Å². The van der Waals surface area contributed by atoms with Gasteiger partial charge >= 0.3 is 0 Å². The van der Waals surface area contributed by atoms with Crippen molar-refractivity contribution >= 4 is 5.52 Å². The molecule has 0 radical (unpaired) electrons. The lowest BCUT2D eigenvalue weighted by Crippen LogP contribution is -2.07. The van der Waals surface area contributed by atoms with Crippen LogP contribution in [0.2, 0.25) is 0 Å². The maximum atomic E-state index is 8.74. The third-order valence-electron chi connectivity index (χ3n) is 2.24. The highest BCUT2D eigenvalue weighted by molar-refractivity contribution is 5.61. The first kappa shape index (κ1) is 8.73. The first-order valence-corrected chi connectivity index (χ1v) is 4.32. The fraction of sp³-hybridized carbons (Fsp3) is 0.200. The lowest BCUT2D eigenvalue weighted by atomic mass is 10.1. The standard InChI is InChI=1S/C10H10N4/c1-7-3-2-4-14-10(7)8(6-13-14)9(12)5-11/h2-4,6,9H,12H2,1H3. The number of nitrogens with two attached hydrogens (primary N) is 1. The van der Waals surface area contributed by atoms with Crippen molar-refractivity contribution in [2.24, 2.45) is 5.73 Å². The number of aromatic nitrogens is 2. The van der Waals surface area contributed by atoms with Gasteiger partial charge in [-0.15, -0.1) is 0 Å². The fourth-order valence-electron chi connectivity index (χ4n) is 1.54. The Kier molecular flexibility index (Phi) is 1.95. The molecule has 0 aromatic carbocycles. The van der Waals surface area contributed by atoms with Crippen LogP contribution in [0.5, 0.6) is 0 Å². The number of nitrogens with zero attached hydrogens (tertiary/aromatic N) is 3. The minimum Gasteiger partial charge on any atom is -0.312 e. The third-order valence-corrected chi connectivity index (χ3v) is 2.24. The highest BCUT2D eigenvalue weighted by Gasteiger charge is 2.12. The van der Waals surface area contributed by atoms with Gasteiger partial charge in [0.15, 0.2) is 0 Å². The van der Waals surface area contributed by atoms with Gasteiger partial charge in [0, 0.05) is 11.8 Å². The Morgan fingerprint density at radius 3 is 3.14 bits per heavy atom. The number of hydrogen-bond donors (Lipinski definition) is 1. The van der Waals surface area contributed by atoms with Crippen LogP contribution in [0.1, 0.15) is 17.2 Å². The molecular formula is C10H10N4. The van der Waals surface area contributed by atoms with E-state index in [0.29, 0.717) is 0 Å². The molecule has 0 saturated heterocycles. The smallest absolute Gasteiger partial charge is 0.122 e. The molecule has 0 aliphatic carbocycles. The number of hydrogen-bond acceptors (Lipinski definition) is 3. The van der Waals surface area contributed by atoms with Crippen LogP contribution in [-0.4, -0.2) is 9.61 Å². The van der Waals surface area contributed by atoms with E-state index in [2.05, 4.69) is 5.10 Å². The molecule has 0 aliphatic rings. The minimum absolute atomic E-state index is 0.603. The van der Waals surface area contributed by atoms with Crippen molar-refractivity contribution in [1.82, 2.24) is 9.61 Å². The number of nitriles is 1. The summed E-state index contributed by atoms with van der Waals surface area (Å²) in [4.78, 5) is 0. The molecule has 2 aromatic rings. The van der Waals surface area contributed by atoms with E-state index in [0.717, 1.165) is 16.6 Å². The second-order valence-corrected chi connectivity index (χ2v) is 3.19. The summed E-state index contributed by atoms with van der Waals surface area (Å²) >= 11 is 0. The Morgan fingerprint density at radius 1 is 1.64 bits per heavy atom. The molecule has 1 atom stereocenters. The molecule has 0 amide bonds. The van der Waals surface area contributed by atoms with Crippen molar-refractivity contribution < 1.29 is 0 Å². The summed E-state index contributed by atoms with van der Waals surface area (Å²) in [5, 5.41) is 12.9. The first-order chi connectivity index (χ1) is 6.74. The molecule has 0 aliphatic heterocycles. The molecule has 2 N–H and O–H groups in total. The van der Waals surface area contributed by atoms with E-state index in [4.69, 9.17) is 11.0 Å². The highest BCUT2D eigenvalue weighted by Crippen LogP contribution is 2.19. The Morgan fingerprint density at radius 2 is 2.43 bits per heavy atom. The van der Waals surface area contributed by atoms with Crippen molar-refractivity contribution in [1.29, 1.82) is 5.26 Å². The van der Waals surface area contributed by atoms with Crippen LogP contribution in [0.15, 0.2) is 24.5 Å². The Labute approximate surface area is 81.6 Å². The largest absolute Gasteiger partial charge is 0.312 e. The van der Waals surface area contributed by atoms with Gasteiger partial charge in [-0.1, -0.05) is 6.07 Å². The van der Waals surface area contributed by atoms with Gasteiger partial charge in [-0.25, -0.2) is 4.52 Å². The van der Waals surface area contributed by atoms with E-state index in [1.807, 2.05) is 31.3 Å². The Bertz CT molecular complexity index is 506. The van der Waals surface area contributed by atoms with E-state index in [1.165, 1.54) is 0 Å². The van der Waals surface area contributed by atoms with Gasteiger partial charge in [-0.05, 0) is 18.6 Å². The molecule has 4 nitrogen and oxygen atoms in total. The monoisotopic (exact) mass is 186 g/mol. The highest BCUT2D eigenvalue weighted by atomic mass is 15.2. The fourth-order valence-corrected chi connectivity index (χ4v) is 1.54. The molecule has 2 rings (SSSR count). The topological polar surface area (TPSA) is 67.1 Å². The summed E-state index contributed by atoms with van der Waals surface area (Å²) in [6.07, 6.45) is 3.49. The number of fused-ring (bicyclic) bond motifs is 1. The van der Waals surface area contributed by atoms with Crippen molar-refractivity contribution in [3.05, 3.63) is 35.7 Å². The molecule has 4 heteroatoms. The molecular weight excluding hydrogens is 176 g/mol. The summed E-state index contributed by atoms with van der Waals surface area (Å²) in [6, 6.07) is 5.30. The molecule has 0 spiro atoms. The van der Waals surface area contributed by atoms with E-state index >= 15 is 0 Å². The van der Waals surface area contributed by atoms with Crippen LogP contribution in [0.4, 0.5) is 0 Å². The number of pyridine rings is 1. The van der Waals surface area contributed by atoms with E-state index < -0.39 is 6.04 Å². The SMILES string of the molecule is Cc1cccn2ncc(C(N)C#N)c12. The predicted molar refractivity (Wildman–Crippen MR) is 52.5 cm³/mol. The van der Waals surface area contributed by atoms with Gasteiger partial charge < -0.3 is 5.73 Å². The van der Waals surface area contributed by atoms with Crippen LogP contribution < -0.4 is 5.73 Å². The molecule has 0 fully saturated rings. The van der Waals surface area contributed by atoms with Crippen LogP contribution >= 0.6 is 0 Å². The maximum Gasteiger partial charge on any atom is 0.122 e. The zero-order valence-corrected chi connectivity index (χ0v) is 7.81. The summed E-state index contributed by atoms with van der Waals surface area (Å²) in [5.74, 6) is 0. The number of aryl methyl sites for hydroxylation is 1. The molecule has 0 saturated carbocycles. The number of rotatable bonds is 1. The molecule has 2 heterocycles. The quantitative estimate of drug-likeness (QED) is 0.726. The zero-order chi connectivity index (χ0) is 10.1. The summed E-state index contributed by atoms with van der Waals surface area (Å²) < 4.78 is 1.74. The first-order valence-electron chi connectivity index (χ1n) is 4.32. The maximum absolute atomic E-state index is 8.74. The third kappa shape index (κ3) is 1.15. The molecule has 0 bridgehead atoms. The minimum atomic E-state index is -0.603. The average Bonchev–Trinajstić information content (AvgIpc) is 2.62. The van der Waals surface area contributed by atoms with Gasteiger partial charge in [0.2, 0.25) is 0 Å². The van der Waals surface area contributed by atoms with Crippen LogP contribution in [0.25, 0.3) is 5.52 Å². The van der Waals surface area contributed by atoms with E-state index in [1.54, 1.807) is 10.7 Å². The second-order valence-electron chi connectivity index (χ2n) is 3.19. The zero-order valence-electron chi connectivity index (χ0n) is 7.81. The van der Waals surface area contributed by atoms with Crippen LogP contribution in [0.3, 0.4) is 0 Å². The van der Waals surface area contributed by atoms with E-state index in [-0.39, 0.29) is 0 Å².